The molecule has 0 spiro atoms. The molecule has 1 unspecified atom stereocenters. The number of aromatic nitrogens is 3. The van der Waals surface area contributed by atoms with Crippen molar-refractivity contribution in [2.75, 3.05) is 50.8 Å². The van der Waals surface area contributed by atoms with Gasteiger partial charge in [-0.15, -0.1) is 0 Å². The van der Waals surface area contributed by atoms with Crippen molar-refractivity contribution in [1.82, 2.24) is 25.2 Å². The zero-order valence-electron chi connectivity index (χ0n) is 21.2. The molecule has 2 fully saturated rings. The molecule has 9 nitrogen and oxygen atoms in total. The van der Waals surface area contributed by atoms with Crippen molar-refractivity contribution in [3.8, 4) is 0 Å². The van der Waals surface area contributed by atoms with Gasteiger partial charge in [0.25, 0.3) is 0 Å². The number of piperidine rings is 1. The van der Waals surface area contributed by atoms with E-state index in [2.05, 4.69) is 30.1 Å². The van der Waals surface area contributed by atoms with Gasteiger partial charge in [-0.1, -0.05) is 23.7 Å². The van der Waals surface area contributed by atoms with E-state index < -0.39 is 5.54 Å². The molecule has 0 bridgehead atoms. The number of nitrogens with one attached hydrogen (secondary N) is 2. The number of fused-ring (bicyclic) bond motifs is 1. The molecule has 4 heterocycles. The molecular formula is C27H36ClN7O2. The molecule has 1 atom stereocenters. The standard InChI is InChI=1S/C27H36ClN7O2/c28-21-5-3-20(4-6-21)23(2-1-11-34-14-16-37-17-15-34)33-24(36)18-27(29)8-12-35(13-9-27)26-22-7-10-30-25(22)31-19-32-26/h3-7,10,19,23H,1-2,8-9,11-18,29H2,(H,33,36)(H,30,31,32). The van der Waals surface area contributed by atoms with Crippen molar-refractivity contribution >= 4 is 34.4 Å². The number of carbonyl (C=O) groups is 1. The molecule has 0 radical (unpaired) electrons. The summed E-state index contributed by atoms with van der Waals surface area (Å²) in [5.41, 5.74) is 8.12. The highest BCUT2D eigenvalue weighted by Gasteiger charge is 2.34. The molecule has 0 saturated carbocycles. The summed E-state index contributed by atoms with van der Waals surface area (Å²) in [6.45, 7) is 6.02. The minimum absolute atomic E-state index is 0.00247. The van der Waals surface area contributed by atoms with Gasteiger partial charge in [0.05, 0.1) is 24.6 Å². The van der Waals surface area contributed by atoms with Gasteiger partial charge in [-0.2, -0.15) is 0 Å². The quantitative estimate of drug-likeness (QED) is 0.393. The SMILES string of the molecule is NC1(CC(=O)NC(CCCN2CCOCC2)c2ccc(Cl)cc2)CCN(c2ncnc3[nH]ccc23)CC1. The van der Waals surface area contributed by atoms with Crippen LogP contribution in [0, 0.1) is 0 Å². The monoisotopic (exact) mass is 525 g/mol. The molecular weight excluding hydrogens is 490 g/mol. The number of benzene rings is 1. The second-order valence-corrected chi connectivity index (χ2v) is 10.7. The summed E-state index contributed by atoms with van der Waals surface area (Å²) in [4.78, 5) is 29.8. The summed E-state index contributed by atoms with van der Waals surface area (Å²) in [7, 11) is 0. The molecule has 1 aromatic carbocycles. The first-order valence-corrected chi connectivity index (χ1v) is 13.5. The van der Waals surface area contributed by atoms with E-state index in [0.29, 0.717) is 11.4 Å². The largest absolute Gasteiger partial charge is 0.379 e. The number of hydrogen-bond donors (Lipinski definition) is 3. The number of carbonyl (C=O) groups excluding carboxylic acids is 1. The number of ether oxygens (including phenoxy) is 1. The van der Waals surface area contributed by atoms with Gasteiger partial charge in [0, 0.05) is 49.4 Å². The lowest BCUT2D eigenvalue weighted by Crippen LogP contribution is -2.53. The smallest absolute Gasteiger partial charge is 0.222 e. The topological polar surface area (TPSA) is 112 Å². The van der Waals surface area contributed by atoms with E-state index in [4.69, 9.17) is 22.1 Å². The second kappa shape index (κ2) is 11.8. The minimum atomic E-state index is -0.538. The number of nitrogens with two attached hydrogens (primary N) is 1. The number of H-pyrrole nitrogens is 1. The van der Waals surface area contributed by atoms with Crippen molar-refractivity contribution in [1.29, 1.82) is 0 Å². The number of anilines is 1. The molecule has 2 saturated heterocycles. The Bertz CT molecular complexity index is 1170. The molecule has 10 heteroatoms. The van der Waals surface area contributed by atoms with Crippen LogP contribution in [0.4, 0.5) is 5.82 Å². The van der Waals surface area contributed by atoms with E-state index in [1.54, 1.807) is 6.33 Å². The highest BCUT2D eigenvalue weighted by atomic mass is 35.5. The predicted molar refractivity (Wildman–Crippen MR) is 146 cm³/mol. The second-order valence-electron chi connectivity index (χ2n) is 10.2. The first-order valence-electron chi connectivity index (χ1n) is 13.2. The fraction of sp³-hybridized carbons (Fsp3) is 0.519. The number of rotatable bonds is 9. The Morgan fingerprint density at radius 3 is 2.65 bits per heavy atom. The molecule has 0 aliphatic carbocycles. The fourth-order valence-electron chi connectivity index (χ4n) is 5.38. The van der Waals surface area contributed by atoms with Crippen molar-refractivity contribution in [3.05, 3.63) is 53.4 Å². The molecule has 2 aromatic heterocycles. The zero-order chi connectivity index (χ0) is 25.7. The third kappa shape index (κ3) is 6.59. The maximum atomic E-state index is 13.2. The molecule has 3 aromatic rings. The van der Waals surface area contributed by atoms with Crippen LogP contribution in [-0.4, -0.2) is 77.2 Å². The third-order valence-electron chi connectivity index (χ3n) is 7.58. The first-order chi connectivity index (χ1) is 18.0. The Hall–Kier alpha value is -2.72. The van der Waals surface area contributed by atoms with Crippen LogP contribution in [0.25, 0.3) is 11.0 Å². The van der Waals surface area contributed by atoms with E-state index >= 15 is 0 Å². The van der Waals surface area contributed by atoms with Crippen LogP contribution in [-0.2, 0) is 9.53 Å². The average Bonchev–Trinajstić information content (AvgIpc) is 3.39. The number of aromatic amines is 1. The van der Waals surface area contributed by atoms with E-state index in [9.17, 15) is 4.79 Å². The highest BCUT2D eigenvalue weighted by molar-refractivity contribution is 6.30. The number of morpholine rings is 1. The van der Waals surface area contributed by atoms with E-state index in [0.717, 1.165) is 94.0 Å². The van der Waals surface area contributed by atoms with Gasteiger partial charge in [0.15, 0.2) is 0 Å². The molecule has 1 amide bonds. The van der Waals surface area contributed by atoms with E-state index in [1.165, 1.54) is 0 Å². The Morgan fingerprint density at radius 1 is 1.14 bits per heavy atom. The molecule has 198 valence electrons. The van der Waals surface area contributed by atoms with Crippen LogP contribution in [0.1, 0.15) is 43.7 Å². The molecule has 37 heavy (non-hydrogen) atoms. The Labute approximate surface area is 222 Å². The number of nitrogens with zero attached hydrogens (tertiary/aromatic N) is 4. The van der Waals surface area contributed by atoms with Crippen LogP contribution in [0.3, 0.4) is 0 Å². The summed E-state index contributed by atoms with van der Waals surface area (Å²) in [5.74, 6) is 0.915. The van der Waals surface area contributed by atoms with Gasteiger partial charge in [0.2, 0.25) is 5.91 Å². The lowest BCUT2D eigenvalue weighted by molar-refractivity contribution is -0.123. The van der Waals surface area contributed by atoms with Crippen molar-refractivity contribution in [3.63, 3.8) is 0 Å². The fourth-order valence-corrected chi connectivity index (χ4v) is 5.50. The van der Waals surface area contributed by atoms with Gasteiger partial charge >= 0.3 is 0 Å². The molecule has 2 aliphatic heterocycles. The predicted octanol–water partition coefficient (Wildman–Crippen LogP) is 3.27. The van der Waals surface area contributed by atoms with E-state index in [1.807, 2.05) is 36.5 Å². The van der Waals surface area contributed by atoms with Crippen LogP contribution >= 0.6 is 11.6 Å². The van der Waals surface area contributed by atoms with Gasteiger partial charge in [-0.25, -0.2) is 9.97 Å². The number of amides is 1. The molecule has 5 rings (SSSR count). The summed E-state index contributed by atoms with van der Waals surface area (Å²) < 4.78 is 5.46. The van der Waals surface area contributed by atoms with Gasteiger partial charge < -0.3 is 25.7 Å². The normalized spacial score (nSPS) is 19.1. The van der Waals surface area contributed by atoms with Crippen LogP contribution in [0.15, 0.2) is 42.9 Å². The van der Waals surface area contributed by atoms with Crippen LogP contribution in [0.2, 0.25) is 5.02 Å². The molecule has 2 aliphatic rings. The maximum absolute atomic E-state index is 13.2. The number of halogens is 1. The van der Waals surface area contributed by atoms with Crippen LogP contribution < -0.4 is 16.0 Å². The van der Waals surface area contributed by atoms with Crippen molar-refractivity contribution in [2.24, 2.45) is 5.73 Å². The molecule has 4 N–H and O–H groups in total. The zero-order valence-corrected chi connectivity index (χ0v) is 21.9. The Morgan fingerprint density at radius 2 is 1.89 bits per heavy atom. The van der Waals surface area contributed by atoms with Crippen molar-refractivity contribution in [2.45, 2.75) is 43.7 Å². The lowest BCUT2D eigenvalue weighted by atomic mass is 9.85. The Kier molecular flexibility index (Phi) is 8.24. The average molecular weight is 526 g/mol. The third-order valence-corrected chi connectivity index (χ3v) is 7.83. The highest BCUT2D eigenvalue weighted by Crippen LogP contribution is 2.30. The number of hydrogen-bond acceptors (Lipinski definition) is 7. The van der Waals surface area contributed by atoms with Crippen molar-refractivity contribution < 1.29 is 9.53 Å². The summed E-state index contributed by atoms with van der Waals surface area (Å²) >= 11 is 6.12. The van der Waals surface area contributed by atoms with Gasteiger partial charge in [-0.05, 0) is 56.0 Å². The summed E-state index contributed by atoms with van der Waals surface area (Å²) in [5, 5.41) is 4.98. The summed E-state index contributed by atoms with van der Waals surface area (Å²) in [6.07, 6.45) is 7.05. The van der Waals surface area contributed by atoms with E-state index in [-0.39, 0.29) is 11.9 Å². The van der Waals surface area contributed by atoms with Crippen LogP contribution in [0.5, 0.6) is 0 Å². The lowest BCUT2D eigenvalue weighted by Gasteiger charge is -2.39. The summed E-state index contributed by atoms with van der Waals surface area (Å²) in [6, 6.07) is 9.69. The Balaban J connectivity index is 1.17. The minimum Gasteiger partial charge on any atom is -0.379 e. The first kappa shape index (κ1) is 25.9. The van der Waals surface area contributed by atoms with Gasteiger partial charge in [0.1, 0.15) is 17.8 Å². The van der Waals surface area contributed by atoms with Gasteiger partial charge in [-0.3, -0.25) is 9.69 Å². The maximum Gasteiger partial charge on any atom is 0.222 e.